The fraction of sp³-hybridized carbons (Fsp3) is 0.625. The predicted molar refractivity (Wildman–Crippen MR) is 73.2 cm³/mol. The highest BCUT2D eigenvalue weighted by atomic mass is 19.1. The van der Waals surface area contributed by atoms with Gasteiger partial charge in [-0.15, -0.1) is 0 Å². The summed E-state index contributed by atoms with van der Waals surface area (Å²) in [6.07, 6.45) is 4.26. The molecule has 2 fully saturated rings. The monoisotopic (exact) mass is 263 g/mol. The highest BCUT2D eigenvalue weighted by molar-refractivity contribution is 5.25. The molecule has 2 aliphatic rings. The van der Waals surface area contributed by atoms with E-state index < -0.39 is 5.60 Å². The van der Waals surface area contributed by atoms with E-state index in [1.165, 1.54) is 25.0 Å². The summed E-state index contributed by atoms with van der Waals surface area (Å²) in [5.74, 6) is 0.620. The van der Waals surface area contributed by atoms with Crippen molar-refractivity contribution in [3.63, 3.8) is 0 Å². The van der Waals surface area contributed by atoms with Crippen LogP contribution >= 0.6 is 0 Å². The highest BCUT2D eigenvalue weighted by Gasteiger charge is 2.47. The minimum absolute atomic E-state index is 0.235. The Morgan fingerprint density at radius 1 is 1.21 bits per heavy atom. The Bertz CT molecular complexity index is 447. The first-order chi connectivity index (χ1) is 9.09. The molecule has 0 spiro atoms. The lowest BCUT2D eigenvalue weighted by Gasteiger charge is -2.36. The molecule has 2 nitrogen and oxygen atoms in total. The predicted octanol–water partition coefficient (Wildman–Crippen LogP) is 2.77. The number of fused-ring (bicyclic) bond motifs is 1. The van der Waals surface area contributed by atoms with Gasteiger partial charge in [-0.05, 0) is 43.5 Å². The number of hydrogen-bond donors (Lipinski definition) is 1. The van der Waals surface area contributed by atoms with E-state index in [0.717, 1.165) is 31.5 Å². The molecule has 1 aromatic carbocycles. The standard InChI is InChI=1S/C16H22FNO/c1-18-10-12-4-2-3-9-16(19,15(12)11-18)13-5-7-14(17)8-6-13/h5-8,12,15,19H,2-4,9-11H2,1H3/t12-,15+,16+/m0/s1. The Morgan fingerprint density at radius 2 is 1.95 bits per heavy atom. The third-order valence-corrected chi connectivity index (χ3v) is 4.96. The molecule has 1 aromatic rings. The van der Waals surface area contributed by atoms with Gasteiger partial charge in [0.15, 0.2) is 0 Å². The van der Waals surface area contributed by atoms with Crippen LogP contribution in [0.3, 0.4) is 0 Å². The van der Waals surface area contributed by atoms with Crippen molar-refractivity contribution in [3.05, 3.63) is 35.6 Å². The third-order valence-electron chi connectivity index (χ3n) is 4.96. The number of hydrogen-bond acceptors (Lipinski definition) is 2. The molecule has 0 radical (unpaired) electrons. The lowest BCUT2D eigenvalue weighted by Crippen LogP contribution is -2.38. The van der Waals surface area contributed by atoms with Crippen LogP contribution in [-0.2, 0) is 5.60 Å². The largest absolute Gasteiger partial charge is 0.385 e. The zero-order chi connectivity index (χ0) is 13.5. The van der Waals surface area contributed by atoms with Gasteiger partial charge in [-0.25, -0.2) is 4.39 Å². The fourth-order valence-corrected chi connectivity index (χ4v) is 4.00. The van der Waals surface area contributed by atoms with Crippen molar-refractivity contribution in [2.75, 3.05) is 20.1 Å². The first-order valence-electron chi connectivity index (χ1n) is 7.26. The summed E-state index contributed by atoms with van der Waals surface area (Å²) in [4.78, 5) is 2.31. The molecule has 1 saturated carbocycles. The molecular formula is C16H22FNO. The molecule has 1 aliphatic heterocycles. The van der Waals surface area contributed by atoms with Crippen LogP contribution in [0.4, 0.5) is 4.39 Å². The van der Waals surface area contributed by atoms with E-state index in [-0.39, 0.29) is 11.7 Å². The van der Waals surface area contributed by atoms with Crippen LogP contribution in [0.15, 0.2) is 24.3 Å². The smallest absolute Gasteiger partial charge is 0.123 e. The van der Waals surface area contributed by atoms with E-state index in [1.54, 1.807) is 12.1 Å². The van der Waals surface area contributed by atoms with Gasteiger partial charge in [0.05, 0.1) is 5.60 Å². The second-order valence-corrected chi connectivity index (χ2v) is 6.26. The maximum absolute atomic E-state index is 13.1. The Labute approximate surface area is 114 Å². The van der Waals surface area contributed by atoms with Crippen molar-refractivity contribution in [2.24, 2.45) is 11.8 Å². The molecule has 0 aromatic heterocycles. The molecule has 0 bridgehead atoms. The average Bonchev–Trinajstić information content (AvgIpc) is 2.70. The van der Waals surface area contributed by atoms with E-state index in [9.17, 15) is 9.50 Å². The van der Waals surface area contributed by atoms with Crippen molar-refractivity contribution in [2.45, 2.75) is 31.3 Å². The second-order valence-electron chi connectivity index (χ2n) is 6.26. The normalized spacial score (nSPS) is 35.9. The molecule has 1 N–H and O–H groups in total. The topological polar surface area (TPSA) is 23.5 Å². The highest BCUT2D eigenvalue weighted by Crippen LogP contribution is 2.46. The zero-order valence-electron chi connectivity index (χ0n) is 11.5. The van der Waals surface area contributed by atoms with Gasteiger partial charge >= 0.3 is 0 Å². The first kappa shape index (κ1) is 13.1. The molecule has 3 atom stereocenters. The summed E-state index contributed by atoms with van der Waals surface area (Å²) in [7, 11) is 2.12. The first-order valence-corrected chi connectivity index (χ1v) is 7.26. The van der Waals surface area contributed by atoms with Crippen molar-refractivity contribution >= 4 is 0 Å². The molecule has 1 aliphatic carbocycles. The van der Waals surface area contributed by atoms with Gasteiger partial charge in [0.25, 0.3) is 0 Å². The zero-order valence-corrected chi connectivity index (χ0v) is 11.5. The van der Waals surface area contributed by atoms with E-state index in [1.807, 2.05) is 0 Å². The van der Waals surface area contributed by atoms with Gasteiger partial charge in [-0.3, -0.25) is 0 Å². The summed E-state index contributed by atoms with van der Waals surface area (Å²) < 4.78 is 13.1. The van der Waals surface area contributed by atoms with E-state index in [2.05, 4.69) is 11.9 Å². The Hall–Kier alpha value is -0.930. The maximum atomic E-state index is 13.1. The Morgan fingerprint density at radius 3 is 2.68 bits per heavy atom. The lowest BCUT2D eigenvalue weighted by molar-refractivity contribution is -0.0367. The molecule has 19 heavy (non-hydrogen) atoms. The Balaban J connectivity index is 1.96. The van der Waals surface area contributed by atoms with E-state index >= 15 is 0 Å². The Kier molecular flexibility index (Phi) is 3.35. The van der Waals surface area contributed by atoms with Gasteiger partial charge in [0.1, 0.15) is 5.82 Å². The summed E-state index contributed by atoms with van der Waals surface area (Å²) in [5, 5.41) is 11.3. The van der Waals surface area contributed by atoms with E-state index in [0.29, 0.717) is 5.92 Å². The SMILES string of the molecule is CN1C[C@@H]2CCCC[C@@](O)(c3ccc(F)cc3)[C@@H]2C1. The van der Waals surface area contributed by atoms with Crippen LogP contribution in [0.25, 0.3) is 0 Å². The molecule has 3 rings (SSSR count). The van der Waals surface area contributed by atoms with Crippen molar-refractivity contribution in [3.8, 4) is 0 Å². The van der Waals surface area contributed by atoms with Gasteiger partial charge < -0.3 is 10.0 Å². The average molecular weight is 263 g/mol. The van der Waals surface area contributed by atoms with Crippen LogP contribution in [-0.4, -0.2) is 30.1 Å². The van der Waals surface area contributed by atoms with Crippen LogP contribution in [0.2, 0.25) is 0 Å². The number of aliphatic hydroxyl groups is 1. The third kappa shape index (κ3) is 2.30. The summed E-state index contributed by atoms with van der Waals surface area (Å²) in [6, 6.07) is 6.45. The van der Waals surface area contributed by atoms with Gasteiger partial charge in [0.2, 0.25) is 0 Å². The van der Waals surface area contributed by atoms with Crippen LogP contribution in [0.5, 0.6) is 0 Å². The van der Waals surface area contributed by atoms with E-state index in [4.69, 9.17) is 0 Å². The van der Waals surface area contributed by atoms with Crippen molar-refractivity contribution < 1.29 is 9.50 Å². The molecule has 1 heterocycles. The number of nitrogens with zero attached hydrogens (tertiary/aromatic N) is 1. The summed E-state index contributed by atoms with van der Waals surface area (Å²) >= 11 is 0. The molecule has 104 valence electrons. The van der Waals surface area contributed by atoms with Crippen LogP contribution in [0, 0.1) is 17.7 Å². The molecular weight excluding hydrogens is 241 g/mol. The molecule has 3 heteroatoms. The van der Waals surface area contributed by atoms with Crippen molar-refractivity contribution in [1.29, 1.82) is 0 Å². The van der Waals surface area contributed by atoms with Gasteiger partial charge in [0, 0.05) is 19.0 Å². The van der Waals surface area contributed by atoms with Crippen LogP contribution < -0.4 is 0 Å². The fourth-order valence-electron chi connectivity index (χ4n) is 4.00. The van der Waals surface area contributed by atoms with Crippen molar-refractivity contribution in [1.82, 2.24) is 4.90 Å². The number of halogens is 1. The van der Waals surface area contributed by atoms with Gasteiger partial charge in [-0.2, -0.15) is 0 Å². The summed E-state index contributed by atoms with van der Waals surface area (Å²) in [6.45, 7) is 2.02. The minimum atomic E-state index is -0.778. The summed E-state index contributed by atoms with van der Waals surface area (Å²) in [5.41, 5.74) is 0.112. The quantitative estimate of drug-likeness (QED) is 0.842. The maximum Gasteiger partial charge on any atom is 0.123 e. The van der Waals surface area contributed by atoms with Gasteiger partial charge in [-0.1, -0.05) is 25.0 Å². The molecule has 0 unspecified atom stereocenters. The molecule has 1 saturated heterocycles. The lowest BCUT2D eigenvalue weighted by atomic mass is 9.75. The number of benzene rings is 1. The molecule has 0 amide bonds. The second kappa shape index (κ2) is 4.88. The minimum Gasteiger partial charge on any atom is -0.385 e. The number of likely N-dealkylation sites (tertiary alicyclic amines) is 1. The number of rotatable bonds is 1. The van der Waals surface area contributed by atoms with Crippen LogP contribution in [0.1, 0.15) is 31.2 Å².